The summed E-state index contributed by atoms with van der Waals surface area (Å²) in [6, 6.07) is 0. The zero-order valence-electron chi connectivity index (χ0n) is 15.6. The van der Waals surface area contributed by atoms with Gasteiger partial charge in [-0.25, -0.2) is 0 Å². The molecule has 0 aromatic carbocycles. The maximum atomic E-state index is 10.3. The average molecular weight is 360 g/mol. The minimum absolute atomic E-state index is 0.253. The number of hydrogen-bond acceptors (Lipinski definition) is 6. The summed E-state index contributed by atoms with van der Waals surface area (Å²) in [6.07, 6.45) is 7.55. The number of aliphatic hydroxyl groups is 2. The first-order valence-electron chi connectivity index (χ1n) is 10.1. The summed E-state index contributed by atoms with van der Waals surface area (Å²) < 4.78 is 23.3. The Hall–Kier alpha value is -0.240. The van der Waals surface area contributed by atoms with E-state index in [0.29, 0.717) is 12.8 Å². The fraction of sp³-hybridized carbons (Fsp3) is 1.00. The molecule has 0 aromatic heterocycles. The Kier molecular flexibility index (Phi) is 10.3. The Morgan fingerprint density at radius 1 is 0.880 bits per heavy atom. The van der Waals surface area contributed by atoms with Crippen molar-refractivity contribution in [2.75, 3.05) is 13.2 Å². The second-order valence-electron chi connectivity index (χ2n) is 7.18. The second kappa shape index (κ2) is 12.2. The first-order chi connectivity index (χ1) is 12.2. The first kappa shape index (κ1) is 21.1. The third kappa shape index (κ3) is 8.80. The van der Waals surface area contributed by atoms with Gasteiger partial charge < -0.3 is 29.2 Å². The molecule has 4 atom stereocenters. The van der Waals surface area contributed by atoms with Crippen molar-refractivity contribution < 1.29 is 29.2 Å². The van der Waals surface area contributed by atoms with Crippen molar-refractivity contribution in [1.82, 2.24) is 0 Å². The smallest absolute Gasteiger partial charge is 0.166 e. The van der Waals surface area contributed by atoms with Crippen molar-refractivity contribution in [2.24, 2.45) is 0 Å². The van der Waals surface area contributed by atoms with E-state index < -0.39 is 12.4 Å². The van der Waals surface area contributed by atoms with Crippen LogP contribution < -0.4 is 0 Å². The molecule has 0 aliphatic carbocycles. The number of aliphatic hydroxyl groups excluding tert-OH is 2. The summed E-state index contributed by atoms with van der Waals surface area (Å²) in [6.45, 7) is 3.40. The van der Waals surface area contributed by atoms with Crippen LogP contribution in [-0.4, -0.2) is 54.5 Å². The molecule has 2 aliphatic heterocycles. The Bertz CT molecular complexity index is 308. The lowest BCUT2D eigenvalue weighted by Crippen LogP contribution is -2.36. The molecule has 2 fully saturated rings. The zero-order valence-corrected chi connectivity index (χ0v) is 15.6. The van der Waals surface area contributed by atoms with Gasteiger partial charge in [0.25, 0.3) is 0 Å². The second-order valence-corrected chi connectivity index (χ2v) is 7.18. The van der Waals surface area contributed by atoms with Gasteiger partial charge in [0, 0.05) is 19.6 Å². The van der Waals surface area contributed by atoms with E-state index in [2.05, 4.69) is 0 Å². The quantitative estimate of drug-likeness (QED) is 0.551. The fourth-order valence-electron chi connectivity index (χ4n) is 3.25. The Balaban J connectivity index is 1.77. The van der Waals surface area contributed by atoms with Crippen LogP contribution >= 0.6 is 0 Å². The van der Waals surface area contributed by atoms with E-state index in [4.69, 9.17) is 18.9 Å². The largest absolute Gasteiger partial charge is 0.393 e. The van der Waals surface area contributed by atoms with E-state index >= 15 is 0 Å². The van der Waals surface area contributed by atoms with Gasteiger partial charge >= 0.3 is 0 Å². The standard InChI is InChI=1S/C19H36O6/c1-2-15(20)8-7-9-16(21)14-19(24-17-10-3-5-12-22-17)25-18-11-4-6-13-23-18/h15-21H,2-14H2,1H3. The van der Waals surface area contributed by atoms with Gasteiger partial charge in [-0.05, 0) is 64.2 Å². The van der Waals surface area contributed by atoms with Gasteiger partial charge in [-0.3, -0.25) is 0 Å². The third-order valence-corrected chi connectivity index (χ3v) is 4.89. The SMILES string of the molecule is CCC(O)CCCC(O)CC(OC1CCCCO1)OC1CCCCO1. The Labute approximate surface area is 151 Å². The summed E-state index contributed by atoms with van der Waals surface area (Å²) >= 11 is 0. The van der Waals surface area contributed by atoms with Crippen molar-refractivity contribution in [3.05, 3.63) is 0 Å². The van der Waals surface area contributed by atoms with E-state index in [1.807, 2.05) is 6.92 Å². The molecule has 0 spiro atoms. The molecule has 2 heterocycles. The van der Waals surface area contributed by atoms with Gasteiger partial charge in [0.1, 0.15) is 0 Å². The maximum absolute atomic E-state index is 10.3. The predicted molar refractivity (Wildman–Crippen MR) is 93.9 cm³/mol. The van der Waals surface area contributed by atoms with E-state index in [-0.39, 0.29) is 18.7 Å². The van der Waals surface area contributed by atoms with Crippen molar-refractivity contribution >= 4 is 0 Å². The summed E-state index contributed by atoms with van der Waals surface area (Å²) in [5, 5.41) is 20.0. The molecule has 0 bridgehead atoms. The van der Waals surface area contributed by atoms with Crippen LogP contribution in [0, 0.1) is 0 Å². The highest BCUT2D eigenvalue weighted by Crippen LogP contribution is 2.23. The monoisotopic (exact) mass is 360 g/mol. The molecule has 4 unspecified atom stereocenters. The molecule has 0 saturated carbocycles. The fourth-order valence-corrected chi connectivity index (χ4v) is 3.25. The summed E-state index contributed by atoms with van der Waals surface area (Å²) in [7, 11) is 0. The van der Waals surface area contributed by atoms with Crippen molar-refractivity contribution in [2.45, 2.75) is 109 Å². The highest BCUT2D eigenvalue weighted by Gasteiger charge is 2.26. The van der Waals surface area contributed by atoms with Crippen LogP contribution in [0.5, 0.6) is 0 Å². The normalized spacial score (nSPS) is 28.4. The molecule has 2 N–H and O–H groups in total. The Morgan fingerprint density at radius 3 is 1.92 bits per heavy atom. The van der Waals surface area contributed by atoms with Gasteiger partial charge in [-0.15, -0.1) is 0 Å². The molecule has 25 heavy (non-hydrogen) atoms. The molecule has 2 aliphatic rings. The van der Waals surface area contributed by atoms with Crippen molar-refractivity contribution in [3.63, 3.8) is 0 Å². The molecule has 148 valence electrons. The topological polar surface area (TPSA) is 77.4 Å². The summed E-state index contributed by atoms with van der Waals surface area (Å²) in [4.78, 5) is 0. The van der Waals surface area contributed by atoms with E-state index in [0.717, 1.165) is 71.0 Å². The van der Waals surface area contributed by atoms with Crippen LogP contribution in [0.15, 0.2) is 0 Å². The van der Waals surface area contributed by atoms with Crippen LogP contribution in [0.25, 0.3) is 0 Å². The van der Waals surface area contributed by atoms with Crippen LogP contribution in [0.1, 0.15) is 77.6 Å². The molecule has 6 heteroatoms. The van der Waals surface area contributed by atoms with E-state index in [1.165, 1.54) is 0 Å². The molecule has 2 saturated heterocycles. The Morgan fingerprint density at radius 2 is 1.44 bits per heavy atom. The predicted octanol–water partition coefficient (Wildman–Crippen LogP) is 3.09. The number of rotatable bonds is 11. The van der Waals surface area contributed by atoms with Crippen LogP contribution in [0.4, 0.5) is 0 Å². The average Bonchev–Trinajstić information content (AvgIpc) is 2.63. The van der Waals surface area contributed by atoms with Crippen LogP contribution in [-0.2, 0) is 18.9 Å². The van der Waals surface area contributed by atoms with Crippen molar-refractivity contribution in [1.29, 1.82) is 0 Å². The lowest BCUT2D eigenvalue weighted by atomic mass is 10.1. The zero-order chi connectivity index (χ0) is 17.9. The highest BCUT2D eigenvalue weighted by atomic mass is 16.8. The van der Waals surface area contributed by atoms with Crippen LogP contribution in [0.3, 0.4) is 0 Å². The summed E-state index contributed by atoms with van der Waals surface area (Å²) in [5.41, 5.74) is 0. The lowest BCUT2D eigenvalue weighted by Gasteiger charge is -2.32. The third-order valence-electron chi connectivity index (χ3n) is 4.89. The minimum Gasteiger partial charge on any atom is -0.393 e. The molecule has 2 rings (SSSR count). The minimum atomic E-state index is -0.516. The molecular weight excluding hydrogens is 324 g/mol. The lowest BCUT2D eigenvalue weighted by molar-refractivity contribution is -0.309. The first-order valence-corrected chi connectivity index (χ1v) is 10.1. The van der Waals surface area contributed by atoms with E-state index in [1.54, 1.807) is 0 Å². The number of hydrogen-bond donors (Lipinski definition) is 2. The van der Waals surface area contributed by atoms with Crippen LogP contribution in [0.2, 0.25) is 0 Å². The molecule has 0 radical (unpaired) electrons. The van der Waals surface area contributed by atoms with E-state index in [9.17, 15) is 10.2 Å². The van der Waals surface area contributed by atoms with Gasteiger partial charge in [0.05, 0.1) is 12.2 Å². The molecular formula is C19H36O6. The van der Waals surface area contributed by atoms with Crippen molar-refractivity contribution in [3.8, 4) is 0 Å². The number of ether oxygens (including phenoxy) is 4. The molecule has 0 aromatic rings. The maximum Gasteiger partial charge on any atom is 0.166 e. The molecule has 6 nitrogen and oxygen atoms in total. The van der Waals surface area contributed by atoms with Gasteiger partial charge in [0.15, 0.2) is 18.9 Å². The van der Waals surface area contributed by atoms with Gasteiger partial charge in [-0.1, -0.05) is 6.92 Å². The highest BCUT2D eigenvalue weighted by molar-refractivity contribution is 4.65. The van der Waals surface area contributed by atoms with Gasteiger partial charge in [-0.2, -0.15) is 0 Å². The summed E-state index contributed by atoms with van der Waals surface area (Å²) in [5.74, 6) is 0. The van der Waals surface area contributed by atoms with Gasteiger partial charge in [0.2, 0.25) is 0 Å². The molecule has 0 amide bonds.